The highest BCUT2D eigenvalue weighted by Gasteiger charge is 2.28. The van der Waals surface area contributed by atoms with Gasteiger partial charge in [-0.15, -0.1) is 0 Å². The minimum Gasteiger partial charge on any atom is -0.492 e. The zero-order valence-corrected chi connectivity index (χ0v) is 25.0. The molecule has 1 N–H and O–H groups in total. The van der Waals surface area contributed by atoms with Crippen LogP contribution in [0.25, 0.3) is 10.9 Å². The van der Waals surface area contributed by atoms with Crippen molar-refractivity contribution in [2.75, 3.05) is 43.0 Å². The van der Waals surface area contributed by atoms with Crippen LogP contribution in [-0.4, -0.2) is 58.3 Å². The molecule has 0 bridgehead atoms. The number of piperidine rings is 1. The Bertz CT molecular complexity index is 1590. The van der Waals surface area contributed by atoms with Crippen LogP contribution in [0.15, 0.2) is 59.0 Å². The van der Waals surface area contributed by atoms with E-state index in [9.17, 15) is 5.26 Å². The number of nitrogens with one attached hydrogen (secondary N) is 1. The molecular formula is C31H34ClN7OS. The average molecular weight is 588 g/mol. The topological polar surface area (TPSA) is 82.2 Å². The van der Waals surface area contributed by atoms with E-state index in [0.717, 1.165) is 64.0 Å². The molecule has 0 atom stereocenters. The van der Waals surface area contributed by atoms with Crippen LogP contribution < -0.4 is 15.0 Å². The zero-order valence-electron chi connectivity index (χ0n) is 23.4. The molecule has 0 saturated carbocycles. The Morgan fingerprint density at radius 2 is 1.93 bits per heavy atom. The standard InChI is InChI=1S/C31H34ClN7OS/c1-3-40-28-17-24-26(18-27(28)39-13-8-23(9-14-39)38-11-4-5-12-38)35-20-21(19-33)30(24)36-22-6-7-29(25(32)16-22)41-31-34-10-15-37(31)2/h6-7,10,15-18,20,23H,3-5,8-9,11-14H2,1-2H3,(H,35,36). The summed E-state index contributed by atoms with van der Waals surface area (Å²) in [5.41, 5.74) is 3.83. The summed E-state index contributed by atoms with van der Waals surface area (Å²) in [4.78, 5) is 15.1. The van der Waals surface area contributed by atoms with Gasteiger partial charge in [-0.2, -0.15) is 5.26 Å². The van der Waals surface area contributed by atoms with Crippen molar-refractivity contribution in [3.8, 4) is 11.8 Å². The Morgan fingerprint density at radius 1 is 1.12 bits per heavy atom. The van der Waals surface area contributed by atoms with Gasteiger partial charge in [0.1, 0.15) is 11.8 Å². The molecule has 2 saturated heterocycles. The Hall–Kier alpha value is -3.45. The second-order valence-electron chi connectivity index (χ2n) is 10.6. The van der Waals surface area contributed by atoms with Gasteiger partial charge in [-0.05, 0) is 76.0 Å². The lowest BCUT2D eigenvalue weighted by atomic mass is 10.0. The third-order valence-corrected chi connectivity index (χ3v) is 9.59. The van der Waals surface area contributed by atoms with Crippen molar-refractivity contribution in [1.29, 1.82) is 5.26 Å². The second-order valence-corrected chi connectivity index (χ2v) is 12.0. The van der Waals surface area contributed by atoms with Crippen molar-refractivity contribution in [3.63, 3.8) is 0 Å². The Kier molecular flexibility index (Phi) is 8.24. The van der Waals surface area contributed by atoms with Crippen molar-refractivity contribution in [3.05, 3.63) is 59.5 Å². The molecule has 2 aliphatic heterocycles. The molecule has 212 valence electrons. The fourth-order valence-electron chi connectivity index (χ4n) is 5.88. The summed E-state index contributed by atoms with van der Waals surface area (Å²) in [7, 11) is 1.95. The Balaban J connectivity index is 1.29. The summed E-state index contributed by atoms with van der Waals surface area (Å²) in [6.45, 7) is 7.03. The van der Waals surface area contributed by atoms with Gasteiger partial charge in [-0.1, -0.05) is 23.4 Å². The summed E-state index contributed by atoms with van der Waals surface area (Å²) >= 11 is 8.19. The first-order chi connectivity index (χ1) is 20.0. The van der Waals surface area contributed by atoms with Gasteiger partial charge < -0.3 is 24.4 Å². The van der Waals surface area contributed by atoms with E-state index in [0.29, 0.717) is 28.9 Å². The average Bonchev–Trinajstić information content (AvgIpc) is 3.67. The molecule has 2 fully saturated rings. The number of aryl methyl sites for hydroxylation is 1. The molecule has 2 aliphatic rings. The summed E-state index contributed by atoms with van der Waals surface area (Å²) in [5, 5.41) is 15.7. The normalized spacial score (nSPS) is 16.3. The molecule has 0 spiro atoms. The van der Waals surface area contributed by atoms with Crippen LogP contribution >= 0.6 is 23.4 Å². The number of pyridine rings is 1. The van der Waals surface area contributed by atoms with Crippen molar-refractivity contribution < 1.29 is 4.74 Å². The lowest BCUT2D eigenvalue weighted by Crippen LogP contribution is -2.44. The first-order valence-electron chi connectivity index (χ1n) is 14.2. The van der Waals surface area contributed by atoms with Crippen LogP contribution in [0.1, 0.15) is 38.2 Å². The molecule has 0 amide bonds. The zero-order chi connectivity index (χ0) is 28.3. The molecule has 2 aromatic heterocycles. The number of likely N-dealkylation sites (tertiary alicyclic amines) is 1. The van der Waals surface area contributed by atoms with Crippen molar-refractivity contribution in [2.45, 2.75) is 48.7 Å². The lowest BCUT2D eigenvalue weighted by molar-refractivity contribution is 0.207. The maximum Gasteiger partial charge on any atom is 0.172 e. The first kappa shape index (κ1) is 27.7. The van der Waals surface area contributed by atoms with Gasteiger partial charge in [-0.3, -0.25) is 4.98 Å². The highest BCUT2D eigenvalue weighted by Crippen LogP contribution is 2.40. The number of fused-ring (bicyclic) bond motifs is 1. The third-order valence-electron chi connectivity index (χ3n) is 8.01. The molecule has 0 radical (unpaired) electrons. The summed E-state index contributed by atoms with van der Waals surface area (Å²) in [6, 6.07) is 12.9. The van der Waals surface area contributed by atoms with Gasteiger partial charge in [0.25, 0.3) is 0 Å². The van der Waals surface area contributed by atoms with E-state index >= 15 is 0 Å². The first-order valence-corrected chi connectivity index (χ1v) is 15.4. The number of hydrogen-bond acceptors (Lipinski definition) is 8. The largest absolute Gasteiger partial charge is 0.492 e. The van der Waals surface area contributed by atoms with Gasteiger partial charge in [-0.25, -0.2) is 4.98 Å². The summed E-state index contributed by atoms with van der Waals surface area (Å²) < 4.78 is 8.13. The highest BCUT2D eigenvalue weighted by molar-refractivity contribution is 7.99. The Morgan fingerprint density at radius 3 is 2.61 bits per heavy atom. The monoisotopic (exact) mass is 587 g/mol. The molecule has 4 aromatic rings. The van der Waals surface area contributed by atoms with Crippen LogP contribution in [0, 0.1) is 11.3 Å². The van der Waals surface area contributed by atoms with Crippen molar-refractivity contribution in [1.82, 2.24) is 19.4 Å². The van der Waals surface area contributed by atoms with E-state index in [-0.39, 0.29) is 0 Å². The number of hydrogen-bond donors (Lipinski definition) is 1. The predicted octanol–water partition coefficient (Wildman–Crippen LogP) is 6.85. The maximum absolute atomic E-state index is 9.96. The fourth-order valence-corrected chi connectivity index (χ4v) is 6.98. The molecule has 8 nitrogen and oxygen atoms in total. The van der Waals surface area contributed by atoms with E-state index in [1.54, 1.807) is 12.4 Å². The van der Waals surface area contributed by atoms with E-state index in [4.69, 9.17) is 16.3 Å². The van der Waals surface area contributed by atoms with Crippen LogP contribution in [0.4, 0.5) is 17.1 Å². The molecule has 10 heteroatoms. The van der Waals surface area contributed by atoms with E-state index < -0.39 is 0 Å². The SMILES string of the molecule is CCOc1cc2c(Nc3ccc(Sc4nccn4C)c(Cl)c3)c(C#N)cnc2cc1N1CCC(N2CCCC2)CC1. The van der Waals surface area contributed by atoms with E-state index in [1.807, 2.05) is 49.0 Å². The lowest BCUT2D eigenvalue weighted by Gasteiger charge is -2.38. The molecular weight excluding hydrogens is 554 g/mol. The van der Waals surface area contributed by atoms with Gasteiger partial charge in [0.05, 0.1) is 34.1 Å². The van der Waals surface area contributed by atoms with Crippen LogP contribution in [-0.2, 0) is 7.05 Å². The quantitative estimate of drug-likeness (QED) is 0.240. The van der Waals surface area contributed by atoms with Crippen LogP contribution in [0.3, 0.4) is 0 Å². The molecule has 0 unspecified atom stereocenters. The fraction of sp³-hybridized carbons (Fsp3) is 0.387. The number of anilines is 3. The third kappa shape index (κ3) is 5.82. The molecule has 2 aromatic carbocycles. The maximum atomic E-state index is 9.96. The molecule has 4 heterocycles. The molecule has 41 heavy (non-hydrogen) atoms. The predicted molar refractivity (Wildman–Crippen MR) is 166 cm³/mol. The second kappa shape index (κ2) is 12.2. The smallest absolute Gasteiger partial charge is 0.172 e. The van der Waals surface area contributed by atoms with Crippen molar-refractivity contribution in [2.24, 2.45) is 7.05 Å². The van der Waals surface area contributed by atoms with Gasteiger partial charge in [0.15, 0.2) is 5.16 Å². The number of rotatable bonds is 8. The Labute approximate surface area is 250 Å². The van der Waals surface area contributed by atoms with Crippen LogP contribution in [0.2, 0.25) is 5.02 Å². The van der Waals surface area contributed by atoms with Crippen LogP contribution in [0.5, 0.6) is 5.75 Å². The highest BCUT2D eigenvalue weighted by atomic mass is 35.5. The number of nitrogens with zero attached hydrogens (tertiary/aromatic N) is 6. The van der Waals surface area contributed by atoms with Gasteiger partial charge >= 0.3 is 0 Å². The van der Waals surface area contributed by atoms with E-state index in [2.05, 4.69) is 37.2 Å². The molecule has 6 rings (SSSR count). The summed E-state index contributed by atoms with van der Waals surface area (Å²) in [6.07, 6.45) is 10.3. The van der Waals surface area contributed by atoms with E-state index in [1.165, 1.54) is 37.7 Å². The number of ether oxygens (including phenoxy) is 1. The number of aromatic nitrogens is 3. The number of imidazole rings is 1. The number of benzene rings is 2. The van der Waals surface area contributed by atoms with Gasteiger partial charge in [0, 0.05) is 60.7 Å². The minimum atomic E-state index is 0.460. The number of halogens is 1. The summed E-state index contributed by atoms with van der Waals surface area (Å²) in [5.74, 6) is 0.819. The van der Waals surface area contributed by atoms with Gasteiger partial charge in [0.2, 0.25) is 0 Å². The minimum absolute atomic E-state index is 0.460. The van der Waals surface area contributed by atoms with Crippen molar-refractivity contribution >= 4 is 51.3 Å². The number of nitriles is 1. The molecule has 0 aliphatic carbocycles.